The summed E-state index contributed by atoms with van der Waals surface area (Å²) in [6.07, 6.45) is 4.26. The molecule has 0 radical (unpaired) electrons. The van der Waals surface area contributed by atoms with Crippen LogP contribution in [-0.4, -0.2) is 37.2 Å². The number of hydrogen-bond acceptors (Lipinski definition) is 4. The van der Waals surface area contributed by atoms with Crippen LogP contribution >= 0.6 is 11.8 Å². The molecular formula is C17H25NO2S. The summed E-state index contributed by atoms with van der Waals surface area (Å²) >= 11 is 1.87. The van der Waals surface area contributed by atoms with Gasteiger partial charge in [-0.3, -0.25) is 0 Å². The van der Waals surface area contributed by atoms with Crippen molar-refractivity contribution in [2.24, 2.45) is 11.7 Å². The van der Waals surface area contributed by atoms with Gasteiger partial charge in [0.2, 0.25) is 0 Å². The fraction of sp³-hybridized carbons (Fsp3) is 0.647. The maximum absolute atomic E-state index is 6.48. The lowest BCUT2D eigenvalue weighted by atomic mass is 9.78. The highest BCUT2D eigenvalue weighted by molar-refractivity contribution is 7.99. The Hall–Kier alpha value is -0.550. The van der Waals surface area contributed by atoms with Crippen molar-refractivity contribution < 1.29 is 9.47 Å². The van der Waals surface area contributed by atoms with Crippen LogP contribution in [0.5, 0.6) is 0 Å². The molecule has 1 spiro atoms. The van der Waals surface area contributed by atoms with E-state index < -0.39 is 0 Å². The van der Waals surface area contributed by atoms with E-state index in [0.717, 1.165) is 51.3 Å². The van der Waals surface area contributed by atoms with Crippen LogP contribution < -0.4 is 5.73 Å². The largest absolute Gasteiger partial charge is 0.381 e. The second kappa shape index (κ2) is 7.14. The molecule has 2 atom stereocenters. The average Bonchev–Trinajstić information content (AvgIpc) is 2.54. The van der Waals surface area contributed by atoms with E-state index in [0.29, 0.717) is 5.92 Å². The predicted molar refractivity (Wildman–Crippen MR) is 86.6 cm³/mol. The zero-order valence-electron chi connectivity index (χ0n) is 12.5. The molecule has 0 saturated carbocycles. The highest BCUT2D eigenvalue weighted by Gasteiger charge is 2.40. The van der Waals surface area contributed by atoms with Crippen LogP contribution in [-0.2, 0) is 9.47 Å². The van der Waals surface area contributed by atoms with Crippen molar-refractivity contribution in [3.63, 3.8) is 0 Å². The number of benzene rings is 1. The van der Waals surface area contributed by atoms with E-state index in [1.807, 2.05) is 11.8 Å². The first-order valence-corrected chi connectivity index (χ1v) is 8.91. The molecule has 3 nitrogen and oxygen atoms in total. The van der Waals surface area contributed by atoms with E-state index in [1.165, 1.54) is 4.90 Å². The Kier molecular flexibility index (Phi) is 5.22. The monoisotopic (exact) mass is 307 g/mol. The normalized spacial score (nSPS) is 26.6. The molecule has 2 heterocycles. The number of thioether (sulfide) groups is 1. The number of hydrogen-bond donors (Lipinski definition) is 1. The van der Waals surface area contributed by atoms with Gasteiger partial charge in [0.25, 0.3) is 0 Å². The molecule has 4 heteroatoms. The summed E-state index contributed by atoms with van der Waals surface area (Å²) in [5.41, 5.74) is 6.53. The van der Waals surface area contributed by atoms with Crippen LogP contribution in [0.4, 0.5) is 0 Å². The van der Waals surface area contributed by atoms with E-state index in [2.05, 4.69) is 30.3 Å². The molecule has 2 aliphatic rings. The van der Waals surface area contributed by atoms with Crippen LogP contribution in [0.25, 0.3) is 0 Å². The van der Waals surface area contributed by atoms with Gasteiger partial charge in [-0.05, 0) is 43.7 Å². The van der Waals surface area contributed by atoms with Crippen molar-refractivity contribution in [2.75, 3.05) is 25.6 Å². The highest BCUT2D eigenvalue weighted by Crippen LogP contribution is 2.38. The van der Waals surface area contributed by atoms with Crippen molar-refractivity contribution >= 4 is 11.8 Å². The van der Waals surface area contributed by atoms with Crippen molar-refractivity contribution in [1.82, 2.24) is 0 Å². The van der Waals surface area contributed by atoms with Gasteiger partial charge in [0, 0.05) is 36.5 Å². The molecule has 2 fully saturated rings. The van der Waals surface area contributed by atoms with Gasteiger partial charge in [-0.15, -0.1) is 11.8 Å². The summed E-state index contributed by atoms with van der Waals surface area (Å²) in [6.45, 7) is 2.52. The molecule has 2 unspecified atom stereocenters. The number of nitrogens with two attached hydrogens (primary N) is 1. The maximum Gasteiger partial charge on any atom is 0.0729 e. The first kappa shape index (κ1) is 15.3. The topological polar surface area (TPSA) is 44.5 Å². The Bertz CT molecular complexity index is 428. The van der Waals surface area contributed by atoms with Crippen LogP contribution in [0.2, 0.25) is 0 Å². The van der Waals surface area contributed by atoms with Gasteiger partial charge < -0.3 is 15.2 Å². The molecule has 1 aromatic carbocycles. The first-order chi connectivity index (χ1) is 10.3. The van der Waals surface area contributed by atoms with Crippen LogP contribution in [0, 0.1) is 5.92 Å². The summed E-state index contributed by atoms with van der Waals surface area (Å²) in [4.78, 5) is 1.31. The second-order valence-electron chi connectivity index (χ2n) is 6.18. The maximum atomic E-state index is 6.48. The minimum atomic E-state index is 0.0518. The standard InChI is InChI=1S/C17H25NO2S/c18-16(13-21-15-4-2-1-3-5-15)14-6-9-20-17(12-14)7-10-19-11-8-17/h1-5,14,16H,6-13,18H2. The van der Waals surface area contributed by atoms with Gasteiger partial charge in [-0.25, -0.2) is 0 Å². The molecule has 2 saturated heterocycles. The third kappa shape index (κ3) is 4.01. The molecule has 1 aromatic rings. The Morgan fingerprint density at radius 1 is 1.19 bits per heavy atom. The average molecular weight is 307 g/mol. The summed E-state index contributed by atoms with van der Waals surface area (Å²) in [6, 6.07) is 10.8. The van der Waals surface area contributed by atoms with E-state index in [9.17, 15) is 0 Å². The smallest absolute Gasteiger partial charge is 0.0729 e. The second-order valence-corrected chi connectivity index (χ2v) is 7.28. The SMILES string of the molecule is NC(CSc1ccccc1)C1CCOC2(CCOCC2)C1. The zero-order valence-corrected chi connectivity index (χ0v) is 13.3. The Morgan fingerprint density at radius 3 is 2.71 bits per heavy atom. The molecule has 0 aromatic heterocycles. The van der Waals surface area contributed by atoms with Crippen molar-refractivity contribution in [3.05, 3.63) is 30.3 Å². The lowest BCUT2D eigenvalue weighted by Crippen LogP contribution is -2.48. The number of ether oxygens (including phenoxy) is 2. The molecule has 0 aliphatic carbocycles. The van der Waals surface area contributed by atoms with Gasteiger partial charge in [0.15, 0.2) is 0 Å². The summed E-state index contributed by atoms with van der Waals surface area (Å²) in [5, 5.41) is 0. The van der Waals surface area contributed by atoms with Gasteiger partial charge in [-0.1, -0.05) is 18.2 Å². The summed E-state index contributed by atoms with van der Waals surface area (Å²) < 4.78 is 11.6. The third-order valence-electron chi connectivity index (χ3n) is 4.73. The summed E-state index contributed by atoms with van der Waals surface area (Å²) in [7, 11) is 0. The molecule has 0 amide bonds. The molecular weight excluding hydrogens is 282 g/mol. The van der Waals surface area contributed by atoms with Gasteiger partial charge >= 0.3 is 0 Å². The Labute approximate surface area is 131 Å². The molecule has 0 bridgehead atoms. The van der Waals surface area contributed by atoms with Crippen molar-refractivity contribution in [3.8, 4) is 0 Å². The van der Waals surface area contributed by atoms with Gasteiger partial charge in [0.1, 0.15) is 0 Å². The Morgan fingerprint density at radius 2 is 1.95 bits per heavy atom. The zero-order chi connectivity index (χ0) is 14.5. The van der Waals surface area contributed by atoms with Crippen LogP contribution in [0.15, 0.2) is 35.2 Å². The first-order valence-electron chi connectivity index (χ1n) is 7.93. The van der Waals surface area contributed by atoms with Crippen molar-refractivity contribution in [2.45, 2.75) is 42.2 Å². The molecule has 21 heavy (non-hydrogen) atoms. The third-order valence-corrected chi connectivity index (χ3v) is 5.88. The molecule has 2 aliphatic heterocycles. The molecule has 2 N–H and O–H groups in total. The number of rotatable bonds is 4. The summed E-state index contributed by atoms with van der Waals surface area (Å²) in [5.74, 6) is 1.56. The highest BCUT2D eigenvalue weighted by atomic mass is 32.2. The van der Waals surface area contributed by atoms with Crippen LogP contribution in [0.1, 0.15) is 25.7 Å². The lowest BCUT2D eigenvalue weighted by Gasteiger charge is -2.44. The van der Waals surface area contributed by atoms with Gasteiger partial charge in [0.05, 0.1) is 5.60 Å². The van der Waals surface area contributed by atoms with E-state index in [-0.39, 0.29) is 11.6 Å². The minimum Gasteiger partial charge on any atom is -0.381 e. The predicted octanol–water partition coefficient (Wildman–Crippen LogP) is 3.08. The van der Waals surface area contributed by atoms with Crippen LogP contribution in [0.3, 0.4) is 0 Å². The van der Waals surface area contributed by atoms with Gasteiger partial charge in [-0.2, -0.15) is 0 Å². The van der Waals surface area contributed by atoms with Crippen molar-refractivity contribution in [1.29, 1.82) is 0 Å². The fourth-order valence-electron chi connectivity index (χ4n) is 3.37. The minimum absolute atomic E-state index is 0.0518. The fourth-order valence-corrected chi connectivity index (χ4v) is 4.37. The lowest BCUT2D eigenvalue weighted by molar-refractivity contribution is -0.148. The van der Waals surface area contributed by atoms with E-state index in [1.54, 1.807) is 0 Å². The van der Waals surface area contributed by atoms with E-state index >= 15 is 0 Å². The molecule has 116 valence electrons. The molecule has 3 rings (SSSR count). The Balaban J connectivity index is 1.53. The van der Waals surface area contributed by atoms with E-state index in [4.69, 9.17) is 15.2 Å². The quantitative estimate of drug-likeness (QED) is 0.868.